The normalized spacial score (nSPS) is 15.4. The number of benzene rings is 8. The van der Waals surface area contributed by atoms with Crippen LogP contribution in [0.25, 0.3) is 66.8 Å². The zero-order valence-corrected chi connectivity index (χ0v) is 31.6. The van der Waals surface area contributed by atoms with Gasteiger partial charge in [0, 0.05) is 50.8 Å². The first-order valence-electron chi connectivity index (χ1n) is 20.3. The maximum absolute atomic E-state index is 6.42. The molecule has 0 bridgehead atoms. The van der Waals surface area contributed by atoms with Gasteiger partial charge in [0.15, 0.2) is 0 Å². The third-order valence-electron chi connectivity index (χ3n) is 13.2. The third kappa shape index (κ3) is 4.12. The van der Waals surface area contributed by atoms with Gasteiger partial charge in [-0.3, -0.25) is 0 Å². The highest BCUT2D eigenvalue weighted by Crippen LogP contribution is 2.64. The molecule has 1 atom stereocenters. The summed E-state index contributed by atoms with van der Waals surface area (Å²) in [6.45, 7) is 0. The van der Waals surface area contributed by atoms with E-state index < -0.39 is 5.41 Å². The minimum Gasteiger partial charge on any atom is -0.456 e. The summed E-state index contributed by atoms with van der Waals surface area (Å²) in [7, 11) is 0. The van der Waals surface area contributed by atoms with Crippen LogP contribution in [-0.4, -0.2) is 10.6 Å². The van der Waals surface area contributed by atoms with Gasteiger partial charge in [0.2, 0.25) is 0 Å². The van der Waals surface area contributed by atoms with Gasteiger partial charge in [-0.25, -0.2) is 0 Å². The molecule has 3 aliphatic rings. The number of anilines is 2. The van der Waals surface area contributed by atoms with Gasteiger partial charge in [0.1, 0.15) is 11.3 Å². The van der Waals surface area contributed by atoms with Gasteiger partial charge in [0.05, 0.1) is 22.5 Å². The lowest BCUT2D eigenvalue weighted by molar-refractivity contribution is 0.590. The molecule has 272 valence electrons. The van der Waals surface area contributed by atoms with Crippen molar-refractivity contribution in [1.29, 1.82) is 0 Å². The number of aromatic nitrogens is 1. The van der Waals surface area contributed by atoms with Crippen LogP contribution in [0.4, 0.5) is 11.4 Å². The van der Waals surface area contributed by atoms with Gasteiger partial charge in [-0.2, -0.15) is 0 Å². The molecule has 13 rings (SSSR count). The van der Waals surface area contributed by atoms with E-state index in [1.165, 1.54) is 83.0 Å². The fourth-order valence-corrected chi connectivity index (χ4v) is 10.9. The van der Waals surface area contributed by atoms with Gasteiger partial charge in [-0.1, -0.05) is 146 Å². The average Bonchev–Trinajstić information content (AvgIpc) is 4.01. The maximum Gasteiger partial charge on any atom is 0.135 e. The zero-order chi connectivity index (χ0) is 38.0. The lowest BCUT2D eigenvalue weighted by atomic mass is 9.70. The quantitative estimate of drug-likeness (QED) is 0.179. The molecule has 0 fully saturated rings. The van der Waals surface area contributed by atoms with Crippen molar-refractivity contribution in [3.05, 3.63) is 228 Å². The Bertz CT molecular complexity index is 3300. The van der Waals surface area contributed by atoms with Crippen molar-refractivity contribution in [3.8, 4) is 27.9 Å². The molecule has 10 aromatic rings. The predicted molar refractivity (Wildman–Crippen MR) is 238 cm³/mol. The molecule has 0 aliphatic heterocycles. The van der Waals surface area contributed by atoms with Crippen LogP contribution in [0, 0.1) is 0 Å². The highest BCUT2D eigenvalue weighted by molar-refractivity contribution is 6.11. The molecule has 0 saturated heterocycles. The minimum absolute atomic E-state index is 0.0202. The number of fused-ring (bicyclic) bond motifs is 16. The van der Waals surface area contributed by atoms with E-state index >= 15 is 0 Å². The first-order valence-corrected chi connectivity index (χ1v) is 20.3. The molecule has 58 heavy (non-hydrogen) atoms. The van der Waals surface area contributed by atoms with Gasteiger partial charge >= 0.3 is 0 Å². The van der Waals surface area contributed by atoms with Gasteiger partial charge in [-0.05, 0) is 93.6 Å². The molecule has 0 amide bonds. The molecule has 0 radical (unpaired) electrons. The predicted octanol–water partition coefficient (Wildman–Crippen LogP) is 13.6. The Balaban J connectivity index is 1.09. The summed E-state index contributed by atoms with van der Waals surface area (Å²) in [5.41, 5.74) is 18.3. The zero-order valence-electron chi connectivity index (χ0n) is 31.6. The van der Waals surface area contributed by atoms with E-state index in [0.717, 1.165) is 29.1 Å². The number of hydrogen-bond donors (Lipinski definition) is 0. The van der Waals surface area contributed by atoms with E-state index in [1.54, 1.807) is 0 Å². The fourth-order valence-electron chi connectivity index (χ4n) is 10.9. The van der Waals surface area contributed by atoms with E-state index in [-0.39, 0.29) is 6.04 Å². The Hall–Kier alpha value is -7.36. The highest BCUT2D eigenvalue weighted by atomic mass is 16.3. The first-order chi connectivity index (χ1) is 28.8. The van der Waals surface area contributed by atoms with Crippen LogP contribution in [0.15, 0.2) is 199 Å². The number of furan rings is 1. The molecule has 2 heterocycles. The largest absolute Gasteiger partial charge is 0.456 e. The fraction of sp³-hybridized carbons (Fsp3) is 0.0545. The second-order valence-corrected chi connectivity index (χ2v) is 15.9. The number of hydrogen-bond acceptors (Lipinski definition) is 2. The van der Waals surface area contributed by atoms with Crippen LogP contribution in [0.1, 0.15) is 33.6 Å². The van der Waals surface area contributed by atoms with Gasteiger partial charge in [-0.15, -0.1) is 0 Å². The van der Waals surface area contributed by atoms with Crippen LogP contribution in [0.3, 0.4) is 0 Å². The minimum atomic E-state index is -0.426. The van der Waals surface area contributed by atoms with Gasteiger partial charge in [0.25, 0.3) is 0 Å². The summed E-state index contributed by atoms with van der Waals surface area (Å²) in [5, 5.41) is 3.67. The molecule has 1 spiro atoms. The molecule has 3 heteroatoms. The Labute approximate surface area is 336 Å². The summed E-state index contributed by atoms with van der Waals surface area (Å²) in [6, 6.07) is 69.5. The summed E-state index contributed by atoms with van der Waals surface area (Å²) >= 11 is 0. The second kappa shape index (κ2) is 11.8. The van der Waals surface area contributed by atoms with Crippen molar-refractivity contribution in [2.24, 2.45) is 0 Å². The standard InChI is InChI=1S/C55H36N2O/c1-2-15-35(16-3-1)57-49-26-12-7-19-40(49)43-33-36(29-31-50(43)57)56(37-30-32-53-44(34-37)41-20-8-13-28-52(41)58-53)51-27-14-25-48-54(51)42-21-6-11-24-47(42)55(48)45-22-9-4-17-38(45)39-18-5-10-23-46(39)55/h1-33,37H,34H2. The lowest BCUT2D eigenvalue weighted by Gasteiger charge is -2.36. The molecule has 1 unspecified atom stereocenters. The Morgan fingerprint density at radius 3 is 1.93 bits per heavy atom. The average molecular weight is 741 g/mol. The third-order valence-corrected chi connectivity index (χ3v) is 13.2. The first kappa shape index (κ1) is 31.8. The Morgan fingerprint density at radius 2 is 1.14 bits per heavy atom. The monoisotopic (exact) mass is 740 g/mol. The molecule has 3 aliphatic carbocycles. The Kier molecular flexibility index (Phi) is 6.49. The summed E-state index contributed by atoms with van der Waals surface area (Å²) in [5.74, 6) is 0.959. The van der Waals surface area contributed by atoms with Gasteiger partial charge < -0.3 is 13.9 Å². The molecule has 2 aromatic heterocycles. The van der Waals surface area contributed by atoms with Crippen LogP contribution in [0.5, 0.6) is 0 Å². The second-order valence-electron chi connectivity index (χ2n) is 15.9. The van der Waals surface area contributed by atoms with E-state index in [4.69, 9.17) is 4.42 Å². The summed E-state index contributed by atoms with van der Waals surface area (Å²) < 4.78 is 8.82. The van der Waals surface area contributed by atoms with Crippen LogP contribution in [0.2, 0.25) is 0 Å². The number of nitrogens with zero attached hydrogens (tertiary/aromatic N) is 2. The molecule has 0 saturated carbocycles. The van der Waals surface area contributed by atoms with E-state index in [1.807, 2.05) is 0 Å². The van der Waals surface area contributed by atoms with Crippen molar-refractivity contribution in [1.82, 2.24) is 4.57 Å². The molecule has 3 nitrogen and oxygen atoms in total. The lowest BCUT2D eigenvalue weighted by Crippen LogP contribution is -2.33. The van der Waals surface area contributed by atoms with E-state index in [2.05, 4.69) is 210 Å². The van der Waals surface area contributed by atoms with Crippen molar-refractivity contribution >= 4 is 50.2 Å². The molecular formula is C55H36N2O. The van der Waals surface area contributed by atoms with E-state index in [9.17, 15) is 0 Å². The van der Waals surface area contributed by atoms with Crippen molar-refractivity contribution in [2.75, 3.05) is 4.90 Å². The Morgan fingerprint density at radius 1 is 0.517 bits per heavy atom. The van der Waals surface area contributed by atoms with Crippen molar-refractivity contribution < 1.29 is 4.42 Å². The SMILES string of the molecule is C1=CC(N(c2ccc3c(c2)c2ccccc2n3-c2ccccc2)c2cccc3c2-c2ccccc2C32c3ccccc3-c3ccccc32)Cc2c1oc1ccccc21. The van der Waals surface area contributed by atoms with Crippen LogP contribution in [-0.2, 0) is 11.8 Å². The number of rotatable bonds is 4. The van der Waals surface area contributed by atoms with Crippen molar-refractivity contribution in [3.63, 3.8) is 0 Å². The van der Waals surface area contributed by atoms with E-state index in [0.29, 0.717) is 0 Å². The molecular weight excluding hydrogens is 705 g/mol. The molecule has 8 aromatic carbocycles. The summed E-state index contributed by atoms with van der Waals surface area (Å²) in [6.07, 6.45) is 5.38. The molecule has 0 N–H and O–H groups in total. The van der Waals surface area contributed by atoms with Crippen LogP contribution < -0.4 is 4.90 Å². The summed E-state index contributed by atoms with van der Waals surface area (Å²) in [4.78, 5) is 2.62. The topological polar surface area (TPSA) is 21.3 Å². The maximum atomic E-state index is 6.42. The van der Waals surface area contributed by atoms with Crippen molar-refractivity contribution in [2.45, 2.75) is 17.9 Å². The number of para-hydroxylation sites is 3. The highest BCUT2D eigenvalue weighted by Gasteiger charge is 2.52. The smallest absolute Gasteiger partial charge is 0.135 e. The van der Waals surface area contributed by atoms with Crippen LogP contribution >= 0.6 is 0 Å².